The molecule has 22 heavy (non-hydrogen) atoms. The van der Waals surface area contributed by atoms with Crippen molar-refractivity contribution in [3.05, 3.63) is 12.1 Å². The van der Waals surface area contributed by atoms with Crippen molar-refractivity contribution in [3.8, 4) is 23.0 Å². The van der Waals surface area contributed by atoms with Crippen molar-refractivity contribution in [2.24, 2.45) is 0 Å². The average Bonchev–Trinajstić information content (AvgIpc) is 2.88. The Labute approximate surface area is 130 Å². The van der Waals surface area contributed by atoms with Crippen LogP contribution in [0.2, 0.25) is 0 Å². The molecule has 1 N–H and O–H groups in total. The van der Waals surface area contributed by atoms with Crippen molar-refractivity contribution in [2.75, 3.05) is 33.0 Å². The molecule has 0 saturated heterocycles. The SMILES string of the molecule is CCCCOCCOCCOc1c(O)ccc2c1OC(C)O2. The molecule has 0 spiro atoms. The highest BCUT2D eigenvalue weighted by atomic mass is 16.7. The maximum Gasteiger partial charge on any atom is 0.239 e. The van der Waals surface area contributed by atoms with E-state index in [0.29, 0.717) is 43.7 Å². The van der Waals surface area contributed by atoms with E-state index in [1.165, 1.54) is 6.07 Å². The normalized spacial score (nSPS) is 16.0. The minimum Gasteiger partial charge on any atom is -0.504 e. The molecule has 1 aromatic carbocycles. The highest BCUT2D eigenvalue weighted by Gasteiger charge is 2.26. The summed E-state index contributed by atoms with van der Waals surface area (Å²) >= 11 is 0. The lowest BCUT2D eigenvalue weighted by Crippen LogP contribution is -2.12. The van der Waals surface area contributed by atoms with Gasteiger partial charge in [0.05, 0.1) is 19.8 Å². The topological polar surface area (TPSA) is 66.4 Å². The molecule has 0 amide bonds. The number of unbranched alkanes of at least 4 members (excludes halogenated alkanes) is 1. The Bertz CT molecular complexity index is 462. The number of benzene rings is 1. The minimum atomic E-state index is -0.379. The Morgan fingerprint density at radius 2 is 1.77 bits per heavy atom. The summed E-state index contributed by atoms with van der Waals surface area (Å²) < 4.78 is 27.3. The fraction of sp³-hybridized carbons (Fsp3) is 0.625. The number of ether oxygens (including phenoxy) is 5. The van der Waals surface area contributed by atoms with E-state index in [9.17, 15) is 5.11 Å². The molecular weight excluding hydrogens is 288 g/mol. The van der Waals surface area contributed by atoms with Crippen molar-refractivity contribution in [1.82, 2.24) is 0 Å². The van der Waals surface area contributed by atoms with Crippen LogP contribution in [-0.4, -0.2) is 44.4 Å². The zero-order valence-electron chi connectivity index (χ0n) is 13.2. The van der Waals surface area contributed by atoms with Gasteiger partial charge >= 0.3 is 0 Å². The second-order valence-corrected chi connectivity index (χ2v) is 4.97. The first-order valence-electron chi connectivity index (χ1n) is 7.70. The number of hydrogen-bond acceptors (Lipinski definition) is 6. The summed E-state index contributed by atoms with van der Waals surface area (Å²) in [4.78, 5) is 0. The van der Waals surface area contributed by atoms with Gasteiger partial charge in [0.2, 0.25) is 17.8 Å². The fourth-order valence-corrected chi connectivity index (χ4v) is 2.02. The third-order valence-electron chi connectivity index (χ3n) is 3.12. The van der Waals surface area contributed by atoms with Crippen LogP contribution in [0.1, 0.15) is 26.7 Å². The standard InChI is InChI=1S/C16H24O6/c1-3-4-7-18-8-9-19-10-11-20-15-13(17)5-6-14-16(15)22-12(2)21-14/h5-6,12,17H,3-4,7-11H2,1-2H3. The van der Waals surface area contributed by atoms with Gasteiger partial charge in [-0.05, 0) is 18.6 Å². The molecule has 6 nitrogen and oxygen atoms in total. The highest BCUT2D eigenvalue weighted by molar-refractivity contribution is 5.59. The predicted molar refractivity (Wildman–Crippen MR) is 80.9 cm³/mol. The Morgan fingerprint density at radius 3 is 2.55 bits per heavy atom. The van der Waals surface area contributed by atoms with Crippen LogP contribution in [0, 0.1) is 0 Å². The lowest BCUT2D eigenvalue weighted by molar-refractivity contribution is 0.0340. The van der Waals surface area contributed by atoms with E-state index in [1.54, 1.807) is 13.0 Å². The van der Waals surface area contributed by atoms with Gasteiger partial charge in [0.1, 0.15) is 6.61 Å². The molecule has 1 aromatic rings. The largest absolute Gasteiger partial charge is 0.504 e. The van der Waals surface area contributed by atoms with E-state index in [-0.39, 0.29) is 12.0 Å². The van der Waals surface area contributed by atoms with Crippen LogP contribution < -0.4 is 14.2 Å². The molecule has 0 bridgehead atoms. The van der Waals surface area contributed by atoms with Crippen molar-refractivity contribution in [3.63, 3.8) is 0 Å². The van der Waals surface area contributed by atoms with E-state index >= 15 is 0 Å². The first-order chi connectivity index (χ1) is 10.7. The molecule has 0 fully saturated rings. The molecule has 1 aliphatic heterocycles. The summed E-state index contributed by atoms with van der Waals surface area (Å²) in [6.07, 6.45) is 1.82. The van der Waals surface area contributed by atoms with E-state index < -0.39 is 0 Å². The zero-order valence-corrected chi connectivity index (χ0v) is 13.2. The number of hydrogen-bond donors (Lipinski definition) is 1. The van der Waals surface area contributed by atoms with E-state index in [1.807, 2.05) is 0 Å². The second-order valence-electron chi connectivity index (χ2n) is 4.97. The number of phenolic OH excluding ortho intramolecular Hbond substituents is 1. The van der Waals surface area contributed by atoms with Gasteiger partial charge in [-0.1, -0.05) is 13.3 Å². The average molecular weight is 312 g/mol. The summed E-state index contributed by atoms with van der Waals surface area (Å²) in [5.41, 5.74) is 0. The van der Waals surface area contributed by atoms with Crippen molar-refractivity contribution < 1.29 is 28.8 Å². The molecule has 124 valence electrons. The van der Waals surface area contributed by atoms with Crippen LogP contribution in [0.5, 0.6) is 23.0 Å². The maximum atomic E-state index is 9.86. The molecule has 1 aliphatic rings. The van der Waals surface area contributed by atoms with Crippen molar-refractivity contribution >= 4 is 0 Å². The fourth-order valence-electron chi connectivity index (χ4n) is 2.02. The first kappa shape index (κ1) is 16.7. The number of rotatable bonds is 10. The molecule has 1 atom stereocenters. The Morgan fingerprint density at radius 1 is 1.05 bits per heavy atom. The molecule has 6 heteroatoms. The monoisotopic (exact) mass is 312 g/mol. The van der Waals surface area contributed by atoms with Gasteiger partial charge in [0.15, 0.2) is 11.5 Å². The van der Waals surface area contributed by atoms with Gasteiger partial charge in [-0.15, -0.1) is 0 Å². The molecule has 0 saturated carbocycles. The van der Waals surface area contributed by atoms with Crippen LogP contribution in [0.3, 0.4) is 0 Å². The van der Waals surface area contributed by atoms with E-state index in [0.717, 1.165) is 19.4 Å². The van der Waals surface area contributed by atoms with Crippen LogP contribution in [0.4, 0.5) is 0 Å². The van der Waals surface area contributed by atoms with Crippen LogP contribution in [0.15, 0.2) is 12.1 Å². The predicted octanol–water partition coefficient (Wildman–Crippen LogP) is 2.72. The molecular formula is C16H24O6. The zero-order chi connectivity index (χ0) is 15.8. The Kier molecular flexibility index (Phi) is 6.61. The molecule has 0 radical (unpaired) electrons. The van der Waals surface area contributed by atoms with Crippen molar-refractivity contribution in [1.29, 1.82) is 0 Å². The van der Waals surface area contributed by atoms with Crippen LogP contribution in [0.25, 0.3) is 0 Å². The van der Waals surface area contributed by atoms with Gasteiger partial charge in [-0.2, -0.15) is 0 Å². The summed E-state index contributed by atoms with van der Waals surface area (Å²) in [7, 11) is 0. The van der Waals surface area contributed by atoms with Gasteiger partial charge in [-0.3, -0.25) is 0 Å². The van der Waals surface area contributed by atoms with Gasteiger partial charge in [-0.25, -0.2) is 0 Å². The lowest BCUT2D eigenvalue weighted by atomic mass is 10.3. The third kappa shape index (κ3) is 4.68. The Hall–Kier alpha value is -1.66. The second kappa shape index (κ2) is 8.70. The molecule has 1 heterocycles. The first-order valence-corrected chi connectivity index (χ1v) is 7.70. The summed E-state index contributed by atoms with van der Waals surface area (Å²) in [5, 5.41) is 9.86. The quantitative estimate of drug-likeness (QED) is 0.670. The number of fused-ring (bicyclic) bond motifs is 1. The molecule has 0 aromatic heterocycles. The number of phenols is 1. The van der Waals surface area contributed by atoms with Crippen molar-refractivity contribution in [2.45, 2.75) is 33.0 Å². The molecule has 0 aliphatic carbocycles. The third-order valence-corrected chi connectivity index (χ3v) is 3.12. The van der Waals surface area contributed by atoms with Crippen LogP contribution in [-0.2, 0) is 9.47 Å². The van der Waals surface area contributed by atoms with Gasteiger partial charge in [0.25, 0.3) is 0 Å². The Balaban J connectivity index is 1.67. The minimum absolute atomic E-state index is 0.0272. The molecule has 2 rings (SSSR count). The summed E-state index contributed by atoms with van der Waals surface area (Å²) in [6, 6.07) is 3.18. The van der Waals surface area contributed by atoms with Gasteiger partial charge in [0, 0.05) is 13.5 Å². The van der Waals surface area contributed by atoms with E-state index in [2.05, 4.69) is 6.92 Å². The van der Waals surface area contributed by atoms with Gasteiger partial charge < -0.3 is 28.8 Å². The molecule has 1 unspecified atom stereocenters. The summed E-state index contributed by atoms with van der Waals surface area (Å²) in [5.74, 6) is 1.34. The van der Waals surface area contributed by atoms with Crippen LogP contribution >= 0.6 is 0 Å². The highest BCUT2D eigenvalue weighted by Crippen LogP contribution is 2.47. The smallest absolute Gasteiger partial charge is 0.239 e. The number of aromatic hydroxyl groups is 1. The summed E-state index contributed by atoms with van der Waals surface area (Å²) in [6.45, 7) is 6.53. The van der Waals surface area contributed by atoms with E-state index in [4.69, 9.17) is 23.7 Å². The maximum absolute atomic E-state index is 9.86. The lowest BCUT2D eigenvalue weighted by Gasteiger charge is -2.11.